The second kappa shape index (κ2) is 6.54. The molecule has 0 fully saturated rings. The summed E-state index contributed by atoms with van der Waals surface area (Å²) < 4.78 is 0. The van der Waals surface area contributed by atoms with Crippen LogP contribution in [-0.4, -0.2) is 0 Å². The van der Waals surface area contributed by atoms with Gasteiger partial charge in [-0.3, -0.25) is 0 Å². The van der Waals surface area contributed by atoms with Crippen LogP contribution >= 0.6 is 0 Å². The maximum absolute atomic E-state index is 2.54. The molecule has 42 heavy (non-hydrogen) atoms. The van der Waals surface area contributed by atoms with Gasteiger partial charge in [-0.15, -0.1) is 0 Å². The zero-order valence-corrected chi connectivity index (χ0v) is 22.5. The molecule has 188 valence electrons. The largest absolute Gasteiger partial charge is 0.0616 e. The molecule has 0 amide bonds. The summed E-state index contributed by atoms with van der Waals surface area (Å²) in [6.45, 7) is 0. The highest BCUT2D eigenvalue weighted by molar-refractivity contribution is 6.55. The number of rotatable bonds is 0. The van der Waals surface area contributed by atoms with Crippen molar-refractivity contribution in [3.63, 3.8) is 0 Å². The summed E-state index contributed by atoms with van der Waals surface area (Å²) in [6.07, 6.45) is 0. The topological polar surface area (TPSA) is 0 Å². The van der Waals surface area contributed by atoms with Crippen LogP contribution < -0.4 is 0 Å². The van der Waals surface area contributed by atoms with E-state index in [1.807, 2.05) is 0 Å². The van der Waals surface area contributed by atoms with E-state index in [-0.39, 0.29) is 0 Å². The van der Waals surface area contributed by atoms with Gasteiger partial charge < -0.3 is 0 Å². The van der Waals surface area contributed by atoms with E-state index >= 15 is 0 Å². The molecular weight excluding hydrogens is 504 g/mol. The molecule has 0 saturated carbocycles. The Balaban J connectivity index is 1.61. The average molecular weight is 525 g/mol. The highest BCUT2D eigenvalue weighted by Crippen LogP contribution is 2.56. The molecule has 0 radical (unpaired) electrons. The van der Waals surface area contributed by atoms with Crippen molar-refractivity contribution in [1.29, 1.82) is 0 Å². The van der Waals surface area contributed by atoms with Crippen LogP contribution in [0.25, 0.3) is 118 Å². The maximum atomic E-state index is 2.54. The normalized spacial score (nSPS) is 13.2. The molecule has 0 spiro atoms. The molecule has 0 heteroatoms. The van der Waals surface area contributed by atoms with E-state index in [1.165, 1.54) is 118 Å². The van der Waals surface area contributed by atoms with E-state index in [9.17, 15) is 0 Å². The molecule has 0 heterocycles. The summed E-state index contributed by atoms with van der Waals surface area (Å²) in [7, 11) is 0. The van der Waals surface area contributed by atoms with Gasteiger partial charge in [0.2, 0.25) is 0 Å². The van der Waals surface area contributed by atoms with Crippen molar-refractivity contribution in [2.75, 3.05) is 0 Å². The molecule has 12 aromatic rings. The molecule has 12 rings (SSSR count). The van der Waals surface area contributed by atoms with Gasteiger partial charge in [-0.25, -0.2) is 0 Å². The minimum Gasteiger partial charge on any atom is -0.0616 e. The average Bonchev–Trinajstić information content (AvgIpc) is 3.05. The van der Waals surface area contributed by atoms with Crippen LogP contribution in [-0.2, 0) is 0 Å². The van der Waals surface area contributed by atoms with Crippen LogP contribution in [0.1, 0.15) is 0 Å². The highest BCUT2D eigenvalue weighted by atomic mass is 14.3. The van der Waals surface area contributed by atoms with Crippen LogP contribution in [0.2, 0.25) is 0 Å². The first-order valence-corrected chi connectivity index (χ1v) is 14.9. The quantitative estimate of drug-likeness (QED) is 0.137. The summed E-state index contributed by atoms with van der Waals surface area (Å²) in [5.74, 6) is 0. The van der Waals surface area contributed by atoms with Crippen molar-refractivity contribution in [2.24, 2.45) is 0 Å². The molecule has 0 aliphatic rings. The van der Waals surface area contributed by atoms with E-state index in [0.717, 1.165) is 0 Å². The van der Waals surface area contributed by atoms with Crippen molar-refractivity contribution < 1.29 is 0 Å². The number of hydrogen-bond acceptors (Lipinski definition) is 0. The minimum atomic E-state index is 1.30. The van der Waals surface area contributed by atoms with Crippen LogP contribution in [0, 0.1) is 0 Å². The van der Waals surface area contributed by atoms with Gasteiger partial charge in [0.15, 0.2) is 0 Å². The molecule has 0 aromatic heterocycles. The first-order valence-electron chi connectivity index (χ1n) is 14.9. The highest BCUT2D eigenvalue weighted by Gasteiger charge is 2.27. The smallest absolute Gasteiger partial charge is 0.0000706 e. The van der Waals surface area contributed by atoms with Gasteiger partial charge in [-0.1, -0.05) is 109 Å². The Hall–Kier alpha value is -5.46. The van der Waals surface area contributed by atoms with Crippen molar-refractivity contribution in [1.82, 2.24) is 0 Å². The first-order chi connectivity index (χ1) is 20.9. The van der Waals surface area contributed by atoms with E-state index in [1.54, 1.807) is 0 Å². The van der Waals surface area contributed by atoms with E-state index in [2.05, 4.69) is 121 Å². The summed E-state index contributed by atoms with van der Waals surface area (Å²) in [6, 6.07) is 46.3. The van der Waals surface area contributed by atoms with Crippen molar-refractivity contribution in [3.05, 3.63) is 121 Å². The first kappa shape index (κ1) is 20.4. The Morgan fingerprint density at radius 3 is 1.45 bits per heavy atom. The molecule has 0 atom stereocenters. The fraction of sp³-hybridized carbons (Fsp3) is 0. The van der Waals surface area contributed by atoms with Gasteiger partial charge in [0.1, 0.15) is 0 Å². The number of benzene rings is 12. The Morgan fingerprint density at radius 2 is 0.643 bits per heavy atom. The second-order valence-corrected chi connectivity index (χ2v) is 12.3. The lowest BCUT2D eigenvalue weighted by atomic mass is 9.76. The van der Waals surface area contributed by atoms with E-state index in [4.69, 9.17) is 0 Å². The third kappa shape index (κ3) is 2.02. The standard InChI is InChI=1S/C42H20/c1-2-10-24-23(7-1)19-31-25-11-3-4-12-26(25)36-30-18-16-22-8-5-13-27-29-17-15-21-9-6-14-28-33-20-32(24)37(31)41(36)40(33)42(38(29)35(21)28)39(30)34(22)27/h1-20H. The van der Waals surface area contributed by atoms with Gasteiger partial charge in [-0.05, 0) is 131 Å². The Labute approximate surface area is 239 Å². The number of fused-ring (bicyclic) bond motifs is 8. The molecule has 0 saturated heterocycles. The van der Waals surface area contributed by atoms with Gasteiger partial charge in [-0.2, -0.15) is 0 Å². The summed E-state index contributed by atoms with van der Waals surface area (Å²) in [5, 5.41) is 30.4. The lowest BCUT2D eigenvalue weighted by Gasteiger charge is -2.26. The maximum Gasteiger partial charge on any atom is -0.0000706 e. The van der Waals surface area contributed by atoms with Gasteiger partial charge in [0, 0.05) is 0 Å². The lowest BCUT2D eigenvalue weighted by Crippen LogP contribution is -1.97. The molecule has 0 aliphatic heterocycles. The predicted molar refractivity (Wildman–Crippen MR) is 184 cm³/mol. The van der Waals surface area contributed by atoms with Crippen LogP contribution in [0.3, 0.4) is 0 Å². The summed E-state index contributed by atoms with van der Waals surface area (Å²) >= 11 is 0. The predicted octanol–water partition coefficient (Wildman–Crippen LogP) is 12.1. The van der Waals surface area contributed by atoms with Crippen molar-refractivity contribution in [3.8, 4) is 0 Å². The van der Waals surface area contributed by atoms with Crippen LogP contribution in [0.4, 0.5) is 0 Å². The van der Waals surface area contributed by atoms with Crippen LogP contribution in [0.15, 0.2) is 121 Å². The summed E-state index contributed by atoms with van der Waals surface area (Å²) in [4.78, 5) is 0. The zero-order valence-electron chi connectivity index (χ0n) is 22.5. The van der Waals surface area contributed by atoms with Gasteiger partial charge >= 0.3 is 0 Å². The Bertz CT molecular complexity index is 3100. The lowest BCUT2D eigenvalue weighted by molar-refractivity contribution is 1.80. The van der Waals surface area contributed by atoms with Crippen LogP contribution in [0.5, 0.6) is 0 Å². The molecule has 12 aromatic carbocycles. The Kier molecular flexibility index (Phi) is 3.18. The molecule has 0 aliphatic carbocycles. The fourth-order valence-electron chi connectivity index (χ4n) is 9.09. The van der Waals surface area contributed by atoms with E-state index < -0.39 is 0 Å². The van der Waals surface area contributed by atoms with Crippen molar-refractivity contribution in [2.45, 2.75) is 0 Å². The molecule has 0 N–H and O–H groups in total. The Morgan fingerprint density at radius 1 is 0.190 bits per heavy atom. The van der Waals surface area contributed by atoms with E-state index in [0.29, 0.717) is 0 Å². The zero-order chi connectivity index (χ0) is 26.8. The van der Waals surface area contributed by atoms with Crippen molar-refractivity contribution >= 4 is 118 Å². The minimum absolute atomic E-state index is 1.30. The fourth-order valence-corrected chi connectivity index (χ4v) is 9.09. The SMILES string of the molecule is c1ccc2c(c1)cc1c3ccccc3c3c4ccc5cccc6c7ccc8cccc9c%10cc2c1c3c%10c(c7c89)c4c56. The van der Waals surface area contributed by atoms with Gasteiger partial charge in [0.25, 0.3) is 0 Å². The summed E-state index contributed by atoms with van der Waals surface area (Å²) in [5.41, 5.74) is 0. The molecular formula is C42H20. The third-order valence-electron chi connectivity index (χ3n) is 10.6. The third-order valence-corrected chi connectivity index (χ3v) is 10.6. The monoisotopic (exact) mass is 524 g/mol. The molecule has 0 nitrogen and oxygen atoms in total. The van der Waals surface area contributed by atoms with Gasteiger partial charge in [0.05, 0.1) is 0 Å². The molecule has 0 unspecified atom stereocenters. The second-order valence-electron chi connectivity index (χ2n) is 12.3. The number of hydrogen-bond donors (Lipinski definition) is 0. The molecule has 0 bridgehead atoms.